The van der Waals surface area contributed by atoms with E-state index in [1.807, 2.05) is 12.1 Å². The molecular formula is C12H16ClNO. The molecule has 1 aliphatic rings. The Hall–Kier alpha value is -0.730. The lowest BCUT2D eigenvalue weighted by Gasteiger charge is -2.25. The number of piperidine rings is 1. The Morgan fingerprint density at radius 1 is 1.40 bits per heavy atom. The van der Waals surface area contributed by atoms with Gasteiger partial charge in [0.1, 0.15) is 5.75 Å². The number of ether oxygens (including phenoxy) is 1. The summed E-state index contributed by atoms with van der Waals surface area (Å²) in [6.07, 6.45) is 3.73. The van der Waals surface area contributed by atoms with E-state index < -0.39 is 0 Å². The third kappa shape index (κ3) is 2.44. The summed E-state index contributed by atoms with van der Waals surface area (Å²) in [5.74, 6) is 0.891. The largest absolute Gasteiger partial charge is 0.496 e. The zero-order valence-electron chi connectivity index (χ0n) is 8.92. The van der Waals surface area contributed by atoms with Crippen molar-refractivity contribution in [1.29, 1.82) is 0 Å². The van der Waals surface area contributed by atoms with Crippen molar-refractivity contribution >= 4 is 11.6 Å². The molecule has 0 aromatic heterocycles. The number of halogens is 1. The van der Waals surface area contributed by atoms with Gasteiger partial charge in [0.05, 0.1) is 7.11 Å². The summed E-state index contributed by atoms with van der Waals surface area (Å²) in [4.78, 5) is 0. The predicted octanol–water partition coefficient (Wildman–Crippen LogP) is 3.16. The van der Waals surface area contributed by atoms with E-state index in [2.05, 4.69) is 11.4 Å². The molecule has 0 saturated carbocycles. The van der Waals surface area contributed by atoms with Crippen molar-refractivity contribution in [3.8, 4) is 5.75 Å². The van der Waals surface area contributed by atoms with Gasteiger partial charge in [-0.2, -0.15) is 0 Å². The third-order valence-corrected chi connectivity index (χ3v) is 3.12. The van der Waals surface area contributed by atoms with Gasteiger partial charge in [0.25, 0.3) is 0 Å². The second-order valence-corrected chi connectivity index (χ2v) is 4.33. The van der Waals surface area contributed by atoms with E-state index in [9.17, 15) is 0 Å². The van der Waals surface area contributed by atoms with Crippen LogP contribution in [-0.4, -0.2) is 13.7 Å². The highest BCUT2D eigenvalue weighted by atomic mass is 35.5. The second-order valence-electron chi connectivity index (χ2n) is 3.89. The van der Waals surface area contributed by atoms with E-state index in [1.165, 1.54) is 24.8 Å². The van der Waals surface area contributed by atoms with Crippen LogP contribution in [0.5, 0.6) is 5.75 Å². The zero-order chi connectivity index (χ0) is 10.7. The van der Waals surface area contributed by atoms with Gasteiger partial charge in [0.15, 0.2) is 0 Å². The molecule has 1 N–H and O–H groups in total. The molecule has 0 bridgehead atoms. The van der Waals surface area contributed by atoms with Gasteiger partial charge in [-0.3, -0.25) is 0 Å². The van der Waals surface area contributed by atoms with E-state index >= 15 is 0 Å². The summed E-state index contributed by atoms with van der Waals surface area (Å²) >= 11 is 5.93. The Morgan fingerprint density at radius 2 is 2.27 bits per heavy atom. The second kappa shape index (κ2) is 4.86. The molecule has 0 amide bonds. The van der Waals surface area contributed by atoms with E-state index in [-0.39, 0.29) is 0 Å². The molecule has 2 nitrogen and oxygen atoms in total. The van der Waals surface area contributed by atoms with E-state index in [0.29, 0.717) is 6.04 Å². The molecule has 1 aliphatic heterocycles. The van der Waals surface area contributed by atoms with Gasteiger partial charge in [-0.15, -0.1) is 0 Å². The van der Waals surface area contributed by atoms with Crippen molar-refractivity contribution in [1.82, 2.24) is 5.32 Å². The fourth-order valence-corrected chi connectivity index (χ4v) is 2.25. The first kappa shape index (κ1) is 10.8. The van der Waals surface area contributed by atoms with Crippen LogP contribution >= 0.6 is 11.6 Å². The lowest BCUT2D eigenvalue weighted by atomic mass is 9.97. The van der Waals surface area contributed by atoms with Crippen molar-refractivity contribution in [3.63, 3.8) is 0 Å². The third-order valence-electron chi connectivity index (χ3n) is 2.88. The Labute approximate surface area is 95.6 Å². The minimum absolute atomic E-state index is 0.422. The van der Waals surface area contributed by atoms with Gasteiger partial charge >= 0.3 is 0 Å². The highest BCUT2D eigenvalue weighted by Crippen LogP contribution is 2.32. The number of rotatable bonds is 2. The first-order valence-electron chi connectivity index (χ1n) is 5.38. The Kier molecular flexibility index (Phi) is 3.49. The van der Waals surface area contributed by atoms with E-state index in [0.717, 1.165) is 17.3 Å². The van der Waals surface area contributed by atoms with Crippen LogP contribution in [0.2, 0.25) is 5.02 Å². The molecule has 3 heteroatoms. The van der Waals surface area contributed by atoms with Gasteiger partial charge in [0, 0.05) is 16.6 Å². The van der Waals surface area contributed by atoms with Gasteiger partial charge < -0.3 is 10.1 Å². The summed E-state index contributed by atoms with van der Waals surface area (Å²) in [6.45, 7) is 1.09. The highest BCUT2D eigenvalue weighted by molar-refractivity contribution is 6.30. The molecule has 2 rings (SSSR count). The fraction of sp³-hybridized carbons (Fsp3) is 0.500. The van der Waals surface area contributed by atoms with Crippen LogP contribution in [0.25, 0.3) is 0 Å². The number of benzene rings is 1. The average molecular weight is 226 g/mol. The molecule has 0 aliphatic carbocycles. The van der Waals surface area contributed by atoms with Crippen molar-refractivity contribution in [2.45, 2.75) is 25.3 Å². The number of methoxy groups -OCH3 is 1. The Bertz CT molecular complexity index is 334. The van der Waals surface area contributed by atoms with E-state index in [1.54, 1.807) is 7.11 Å². The van der Waals surface area contributed by atoms with Crippen LogP contribution in [0.3, 0.4) is 0 Å². The quantitative estimate of drug-likeness (QED) is 0.835. The topological polar surface area (TPSA) is 21.3 Å². The van der Waals surface area contributed by atoms with Gasteiger partial charge in [0.2, 0.25) is 0 Å². The maximum Gasteiger partial charge on any atom is 0.125 e. The molecule has 0 spiro atoms. The van der Waals surface area contributed by atoms with Gasteiger partial charge in [-0.25, -0.2) is 0 Å². The first-order chi connectivity index (χ1) is 7.31. The molecule has 1 heterocycles. The molecule has 0 radical (unpaired) electrons. The van der Waals surface area contributed by atoms with Crippen LogP contribution in [0, 0.1) is 0 Å². The van der Waals surface area contributed by atoms with E-state index in [4.69, 9.17) is 16.3 Å². The Morgan fingerprint density at radius 3 is 2.93 bits per heavy atom. The van der Waals surface area contributed by atoms with Crippen molar-refractivity contribution in [2.24, 2.45) is 0 Å². The van der Waals surface area contributed by atoms with Crippen LogP contribution in [0.15, 0.2) is 18.2 Å². The number of hydrogen-bond donors (Lipinski definition) is 1. The standard InChI is InChI=1S/C12H16ClNO/c1-15-12-8-9(13)5-6-10(12)11-4-2-3-7-14-11/h5-6,8,11,14H,2-4,7H2,1H3. The lowest BCUT2D eigenvalue weighted by Crippen LogP contribution is -2.27. The van der Waals surface area contributed by atoms with Crippen molar-refractivity contribution in [2.75, 3.05) is 13.7 Å². The molecule has 1 saturated heterocycles. The fourth-order valence-electron chi connectivity index (χ4n) is 2.09. The highest BCUT2D eigenvalue weighted by Gasteiger charge is 2.18. The normalized spacial score (nSPS) is 21.3. The molecule has 1 aromatic rings. The average Bonchev–Trinajstić information content (AvgIpc) is 2.30. The summed E-state index contributed by atoms with van der Waals surface area (Å²) in [6, 6.07) is 6.29. The molecule has 15 heavy (non-hydrogen) atoms. The maximum atomic E-state index is 5.93. The zero-order valence-corrected chi connectivity index (χ0v) is 9.68. The molecule has 82 valence electrons. The summed E-state index contributed by atoms with van der Waals surface area (Å²) in [5.41, 5.74) is 1.22. The van der Waals surface area contributed by atoms with Crippen LogP contribution in [0.1, 0.15) is 30.9 Å². The van der Waals surface area contributed by atoms with Gasteiger partial charge in [-0.1, -0.05) is 24.1 Å². The minimum Gasteiger partial charge on any atom is -0.496 e. The maximum absolute atomic E-state index is 5.93. The lowest BCUT2D eigenvalue weighted by molar-refractivity contribution is 0.373. The smallest absolute Gasteiger partial charge is 0.125 e. The molecule has 1 atom stereocenters. The monoisotopic (exact) mass is 225 g/mol. The SMILES string of the molecule is COc1cc(Cl)ccc1C1CCCCN1. The summed E-state index contributed by atoms with van der Waals surface area (Å²) in [5, 5.41) is 4.23. The van der Waals surface area contributed by atoms with Crippen LogP contribution in [0.4, 0.5) is 0 Å². The Balaban J connectivity index is 2.25. The number of nitrogens with one attached hydrogen (secondary N) is 1. The van der Waals surface area contributed by atoms with Crippen molar-refractivity contribution < 1.29 is 4.74 Å². The predicted molar refractivity (Wildman–Crippen MR) is 62.6 cm³/mol. The van der Waals surface area contributed by atoms with Crippen LogP contribution in [-0.2, 0) is 0 Å². The molecule has 1 fully saturated rings. The first-order valence-corrected chi connectivity index (χ1v) is 5.76. The van der Waals surface area contributed by atoms with Gasteiger partial charge in [-0.05, 0) is 31.5 Å². The minimum atomic E-state index is 0.422. The molecule has 1 unspecified atom stereocenters. The molecular weight excluding hydrogens is 210 g/mol. The summed E-state index contributed by atoms with van der Waals surface area (Å²) < 4.78 is 5.35. The van der Waals surface area contributed by atoms with Crippen molar-refractivity contribution in [3.05, 3.63) is 28.8 Å². The summed E-state index contributed by atoms with van der Waals surface area (Å²) in [7, 11) is 1.69. The molecule has 1 aromatic carbocycles. The van der Waals surface area contributed by atoms with Crippen LogP contribution < -0.4 is 10.1 Å². The number of hydrogen-bond acceptors (Lipinski definition) is 2.